The van der Waals surface area contributed by atoms with Gasteiger partial charge in [-0.1, -0.05) is 6.07 Å². The minimum Gasteiger partial charge on any atom is -0.370 e. The molecule has 3 rings (SSSR count). The Kier molecular flexibility index (Phi) is 6.00. The van der Waals surface area contributed by atoms with Gasteiger partial charge in [0.25, 0.3) is 0 Å². The van der Waals surface area contributed by atoms with Crippen LogP contribution in [-0.4, -0.2) is 36.3 Å². The number of carbonyl (C=O) groups is 2. The molecular weight excluding hydrogens is 353 g/mol. The number of benzene rings is 1. The number of nitrogens with zero attached hydrogens (tertiary/aromatic N) is 2. The average molecular weight is 375 g/mol. The summed E-state index contributed by atoms with van der Waals surface area (Å²) in [7, 11) is 0. The Morgan fingerprint density at radius 3 is 2.69 bits per heavy atom. The molecule has 2 aromatic rings. The van der Waals surface area contributed by atoms with Crippen molar-refractivity contribution in [2.24, 2.45) is 5.73 Å². The molecule has 1 aromatic heterocycles. The summed E-state index contributed by atoms with van der Waals surface area (Å²) < 4.78 is 13.2. The SMILES string of the molecule is NC(=O)CCN(C(=O)CN1CCC[C@@H]1c1cccs1)c1ccc(F)cc1. The minimum absolute atomic E-state index is 0.0669. The molecule has 0 radical (unpaired) electrons. The summed E-state index contributed by atoms with van der Waals surface area (Å²) >= 11 is 1.70. The maximum atomic E-state index is 13.2. The van der Waals surface area contributed by atoms with E-state index >= 15 is 0 Å². The summed E-state index contributed by atoms with van der Waals surface area (Å²) in [5.41, 5.74) is 5.82. The minimum atomic E-state index is -0.470. The standard InChI is InChI=1S/C19H22FN3O2S/c20-14-5-7-15(8-6-14)23(11-9-18(21)24)19(25)13-22-10-1-3-16(22)17-4-2-12-26-17/h2,4-8,12,16H,1,3,9-11,13H2,(H2,21,24)/t16-/m1/s1. The summed E-state index contributed by atoms with van der Waals surface area (Å²) in [6.07, 6.45) is 2.15. The maximum absolute atomic E-state index is 13.2. The molecule has 0 spiro atoms. The Bertz CT molecular complexity index is 749. The first kappa shape index (κ1) is 18.5. The van der Waals surface area contributed by atoms with E-state index in [1.807, 2.05) is 11.4 Å². The van der Waals surface area contributed by atoms with Gasteiger partial charge in [-0.25, -0.2) is 4.39 Å². The summed E-state index contributed by atoms with van der Waals surface area (Å²) in [5.74, 6) is -0.947. The Morgan fingerprint density at radius 1 is 1.27 bits per heavy atom. The van der Waals surface area contributed by atoms with Crippen LogP contribution in [0, 0.1) is 5.82 Å². The maximum Gasteiger partial charge on any atom is 0.241 e. The second-order valence-electron chi connectivity index (χ2n) is 6.38. The third-order valence-corrected chi connectivity index (χ3v) is 5.57. The summed E-state index contributed by atoms with van der Waals surface area (Å²) in [6.45, 7) is 1.32. The van der Waals surface area contributed by atoms with Crippen molar-refractivity contribution < 1.29 is 14.0 Å². The summed E-state index contributed by atoms with van der Waals surface area (Å²) in [4.78, 5) is 29.1. The Hall–Kier alpha value is -2.25. The molecule has 1 saturated heterocycles. The van der Waals surface area contributed by atoms with Crippen molar-refractivity contribution in [1.82, 2.24) is 4.90 Å². The lowest BCUT2D eigenvalue weighted by Crippen LogP contribution is -2.41. The van der Waals surface area contributed by atoms with E-state index < -0.39 is 5.91 Å². The van der Waals surface area contributed by atoms with Crippen LogP contribution < -0.4 is 10.6 Å². The van der Waals surface area contributed by atoms with Crippen LogP contribution in [0.4, 0.5) is 10.1 Å². The van der Waals surface area contributed by atoms with Gasteiger partial charge in [0.2, 0.25) is 11.8 Å². The number of primary amides is 1. The quantitative estimate of drug-likeness (QED) is 0.809. The number of nitrogens with two attached hydrogens (primary N) is 1. The highest BCUT2D eigenvalue weighted by Gasteiger charge is 2.30. The number of carbonyl (C=O) groups excluding carboxylic acids is 2. The van der Waals surface area contributed by atoms with Gasteiger partial charge in [0.1, 0.15) is 5.82 Å². The molecule has 2 N–H and O–H groups in total. The first-order valence-corrected chi connectivity index (χ1v) is 9.54. The highest BCUT2D eigenvalue weighted by atomic mass is 32.1. The van der Waals surface area contributed by atoms with Gasteiger partial charge in [-0.05, 0) is 55.1 Å². The predicted octanol–water partition coefficient (Wildman–Crippen LogP) is 2.93. The van der Waals surface area contributed by atoms with Gasteiger partial charge in [-0.3, -0.25) is 14.5 Å². The summed E-state index contributed by atoms with van der Waals surface area (Å²) in [6, 6.07) is 10.1. The second kappa shape index (κ2) is 8.42. The van der Waals surface area contributed by atoms with Crippen LogP contribution in [0.3, 0.4) is 0 Å². The fourth-order valence-corrected chi connectivity index (χ4v) is 4.21. The molecule has 5 nitrogen and oxygen atoms in total. The number of thiophene rings is 1. The van der Waals surface area contributed by atoms with Crippen LogP contribution in [0.15, 0.2) is 41.8 Å². The molecule has 1 aromatic carbocycles. The molecule has 2 heterocycles. The zero-order valence-corrected chi connectivity index (χ0v) is 15.3. The van der Waals surface area contributed by atoms with Gasteiger partial charge in [0.15, 0.2) is 0 Å². The fraction of sp³-hybridized carbons (Fsp3) is 0.368. The van der Waals surface area contributed by atoms with Gasteiger partial charge in [-0.15, -0.1) is 11.3 Å². The highest BCUT2D eigenvalue weighted by Crippen LogP contribution is 2.34. The van der Waals surface area contributed by atoms with Crippen molar-refractivity contribution in [2.75, 3.05) is 24.5 Å². The van der Waals surface area contributed by atoms with Crippen LogP contribution in [0.25, 0.3) is 0 Å². The number of amides is 2. The smallest absolute Gasteiger partial charge is 0.241 e. The number of halogens is 1. The first-order chi connectivity index (χ1) is 12.5. The van der Waals surface area contributed by atoms with Crippen molar-refractivity contribution in [2.45, 2.75) is 25.3 Å². The van der Waals surface area contributed by atoms with Gasteiger partial charge < -0.3 is 10.6 Å². The molecule has 1 atom stereocenters. The van der Waals surface area contributed by atoms with Crippen molar-refractivity contribution in [3.8, 4) is 0 Å². The zero-order valence-electron chi connectivity index (χ0n) is 14.4. The molecule has 2 amide bonds. The van der Waals surface area contributed by atoms with E-state index in [4.69, 9.17) is 5.73 Å². The summed E-state index contributed by atoms with van der Waals surface area (Å²) in [5, 5.41) is 2.05. The van der Waals surface area contributed by atoms with Crippen molar-refractivity contribution in [3.63, 3.8) is 0 Å². The lowest BCUT2D eigenvalue weighted by Gasteiger charge is -2.28. The topological polar surface area (TPSA) is 66.6 Å². The molecular formula is C19H22FN3O2S. The third-order valence-electron chi connectivity index (χ3n) is 4.59. The molecule has 7 heteroatoms. The van der Waals surface area contributed by atoms with Crippen LogP contribution in [0.5, 0.6) is 0 Å². The molecule has 0 unspecified atom stereocenters. The molecule has 1 aliphatic heterocycles. The molecule has 26 heavy (non-hydrogen) atoms. The van der Waals surface area contributed by atoms with E-state index in [0.29, 0.717) is 5.69 Å². The Labute approximate surface area is 156 Å². The van der Waals surface area contributed by atoms with Crippen molar-refractivity contribution in [1.29, 1.82) is 0 Å². The number of anilines is 1. The fourth-order valence-electron chi connectivity index (χ4n) is 3.32. The first-order valence-electron chi connectivity index (χ1n) is 8.66. The normalized spacial score (nSPS) is 17.3. The number of likely N-dealkylation sites (tertiary alicyclic amines) is 1. The molecule has 138 valence electrons. The van der Waals surface area contributed by atoms with E-state index in [-0.39, 0.29) is 37.3 Å². The monoisotopic (exact) mass is 375 g/mol. The Balaban J connectivity index is 1.74. The number of hydrogen-bond acceptors (Lipinski definition) is 4. The predicted molar refractivity (Wildman–Crippen MR) is 100 cm³/mol. The van der Waals surface area contributed by atoms with Gasteiger partial charge in [0.05, 0.1) is 6.54 Å². The van der Waals surface area contributed by atoms with Gasteiger partial charge in [0, 0.05) is 29.6 Å². The second-order valence-corrected chi connectivity index (χ2v) is 7.36. The molecule has 0 bridgehead atoms. The van der Waals surface area contributed by atoms with E-state index in [0.717, 1.165) is 19.4 Å². The van der Waals surface area contributed by atoms with Crippen molar-refractivity contribution in [3.05, 3.63) is 52.5 Å². The van der Waals surface area contributed by atoms with Crippen LogP contribution >= 0.6 is 11.3 Å². The molecule has 0 aliphatic carbocycles. The van der Waals surface area contributed by atoms with Crippen LogP contribution in [-0.2, 0) is 9.59 Å². The molecule has 1 aliphatic rings. The van der Waals surface area contributed by atoms with Gasteiger partial charge >= 0.3 is 0 Å². The third kappa shape index (κ3) is 4.47. The Morgan fingerprint density at radius 2 is 2.04 bits per heavy atom. The van der Waals surface area contributed by atoms with E-state index in [1.54, 1.807) is 23.5 Å². The van der Waals surface area contributed by atoms with E-state index in [2.05, 4.69) is 11.0 Å². The largest absolute Gasteiger partial charge is 0.370 e. The highest BCUT2D eigenvalue weighted by molar-refractivity contribution is 7.10. The average Bonchev–Trinajstić information content (AvgIpc) is 3.27. The zero-order chi connectivity index (χ0) is 18.5. The van der Waals surface area contributed by atoms with E-state index in [1.165, 1.54) is 21.9 Å². The molecule has 0 saturated carbocycles. The van der Waals surface area contributed by atoms with Crippen molar-refractivity contribution >= 4 is 28.8 Å². The number of hydrogen-bond donors (Lipinski definition) is 1. The van der Waals surface area contributed by atoms with Crippen LogP contribution in [0.2, 0.25) is 0 Å². The van der Waals surface area contributed by atoms with Crippen LogP contribution in [0.1, 0.15) is 30.2 Å². The van der Waals surface area contributed by atoms with E-state index in [9.17, 15) is 14.0 Å². The molecule has 1 fully saturated rings. The lowest BCUT2D eigenvalue weighted by molar-refractivity contribution is -0.120. The lowest BCUT2D eigenvalue weighted by atomic mass is 10.2. The van der Waals surface area contributed by atoms with Gasteiger partial charge in [-0.2, -0.15) is 0 Å². The number of rotatable bonds is 7.